The van der Waals surface area contributed by atoms with Gasteiger partial charge in [-0.1, -0.05) is 84.0 Å². The Labute approximate surface area is 104 Å². The van der Waals surface area contributed by atoms with Gasteiger partial charge in [-0.05, 0) is 6.16 Å². The van der Waals surface area contributed by atoms with E-state index >= 15 is 0 Å². The third-order valence-electron chi connectivity index (χ3n) is 3.13. The standard InChI is InChI=1S/C14H30OP/c1-2-3-4-5-6-7-8-9-10-11-12-13-14-16-15/h16H,2-14H2,1H3/q-1. The van der Waals surface area contributed by atoms with Crippen molar-refractivity contribution in [3.63, 3.8) is 0 Å². The normalized spacial score (nSPS) is 11.6. The zero-order chi connectivity index (χ0) is 11.9. The zero-order valence-corrected chi connectivity index (χ0v) is 12.1. The monoisotopic (exact) mass is 245 g/mol. The van der Waals surface area contributed by atoms with E-state index in [1.54, 1.807) is 0 Å². The highest BCUT2D eigenvalue weighted by molar-refractivity contribution is 7.29. The molecule has 0 spiro atoms. The molecule has 0 fully saturated rings. The van der Waals surface area contributed by atoms with Crippen LogP contribution in [0.25, 0.3) is 0 Å². The Bertz CT molecular complexity index is 103. The van der Waals surface area contributed by atoms with E-state index in [-0.39, 0.29) is 8.81 Å². The summed E-state index contributed by atoms with van der Waals surface area (Å²) in [5.41, 5.74) is 0. The summed E-state index contributed by atoms with van der Waals surface area (Å²) in [6, 6.07) is 0. The maximum absolute atomic E-state index is 10.2. The lowest BCUT2D eigenvalue weighted by Crippen LogP contribution is -1.87. The van der Waals surface area contributed by atoms with Gasteiger partial charge in [-0.25, -0.2) is 8.81 Å². The summed E-state index contributed by atoms with van der Waals surface area (Å²) in [5, 5.41) is 0. The van der Waals surface area contributed by atoms with Gasteiger partial charge in [0.05, 0.1) is 0 Å². The zero-order valence-electron chi connectivity index (χ0n) is 11.1. The lowest BCUT2D eigenvalue weighted by atomic mass is 10.1. The summed E-state index contributed by atoms with van der Waals surface area (Å²) >= 11 is 0. The molecule has 0 heterocycles. The fourth-order valence-corrected chi connectivity index (χ4v) is 2.43. The molecule has 0 aromatic carbocycles. The number of unbranched alkanes of at least 4 members (excludes halogenated alkanes) is 11. The van der Waals surface area contributed by atoms with Gasteiger partial charge < -0.3 is 4.89 Å². The van der Waals surface area contributed by atoms with Crippen molar-refractivity contribution in [2.45, 2.75) is 84.0 Å². The van der Waals surface area contributed by atoms with Crippen molar-refractivity contribution in [3.05, 3.63) is 0 Å². The molecule has 0 aromatic heterocycles. The van der Waals surface area contributed by atoms with Gasteiger partial charge in [0.25, 0.3) is 0 Å². The number of rotatable bonds is 13. The Balaban J connectivity index is 2.83. The molecule has 0 aliphatic rings. The third kappa shape index (κ3) is 14.4. The Morgan fingerprint density at radius 2 is 1.00 bits per heavy atom. The minimum atomic E-state index is -0.0806. The summed E-state index contributed by atoms with van der Waals surface area (Å²) in [7, 11) is -0.0806. The summed E-state index contributed by atoms with van der Waals surface area (Å²) in [4.78, 5) is 10.2. The molecular formula is C14H30OP-. The molecule has 98 valence electrons. The second-order valence-electron chi connectivity index (χ2n) is 4.78. The minimum absolute atomic E-state index is 0.0806. The van der Waals surface area contributed by atoms with Gasteiger partial charge in [-0.3, -0.25) is 0 Å². The number of hydrogen-bond acceptors (Lipinski definition) is 1. The Morgan fingerprint density at radius 1 is 0.625 bits per heavy atom. The van der Waals surface area contributed by atoms with E-state index in [4.69, 9.17) is 0 Å². The van der Waals surface area contributed by atoms with Crippen molar-refractivity contribution in [2.24, 2.45) is 0 Å². The molecule has 0 amide bonds. The average Bonchev–Trinajstić information content (AvgIpc) is 2.31. The van der Waals surface area contributed by atoms with Crippen LogP contribution in [0.5, 0.6) is 0 Å². The van der Waals surface area contributed by atoms with Crippen LogP contribution in [0, 0.1) is 0 Å². The first-order chi connectivity index (χ1) is 7.91. The van der Waals surface area contributed by atoms with Crippen LogP contribution in [-0.4, -0.2) is 6.16 Å². The average molecular weight is 245 g/mol. The van der Waals surface area contributed by atoms with E-state index < -0.39 is 0 Å². The lowest BCUT2D eigenvalue weighted by Gasteiger charge is -2.04. The van der Waals surface area contributed by atoms with Crippen molar-refractivity contribution in [3.8, 4) is 0 Å². The van der Waals surface area contributed by atoms with Gasteiger partial charge in [0.1, 0.15) is 0 Å². The molecule has 0 saturated carbocycles. The number of hydrogen-bond donors (Lipinski definition) is 0. The van der Waals surface area contributed by atoms with E-state index in [0.29, 0.717) is 0 Å². The summed E-state index contributed by atoms with van der Waals surface area (Å²) in [6.07, 6.45) is 17.5. The molecule has 1 unspecified atom stereocenters. The van der Waals surface area contributed by atoms with Crippen LogP contribution in [0.15, 0.2) is 0 Å². The van der Waals surface area contributed by atoms with E-state index in [9.17, 15) is 4.89 Å². The van der Waals surface area contributed by atoms with Gasteiger partial charge in [-0.2, -0.15) is 0 Å². The molecule has 0 radical (unpaired) electrons. The van der Waals surface area contributed by atoms with Crippen LogP contribution in [0.4, 0.5) is 0 Å². The molecule has 0 aliphatic heterocycles. The first-order valence-electron chi connectivity index (χ1n) is 7.26. The van der Waals surface area contributed by atoms with Crippen molar-refractivity contribution in [2.75, 3.05) is 6.16 Å². The van der Waals surface area contributed by atoms with Crippen molar-refractivity contribution < 1.29 is 4.89 Å². The van der Waals surface area contributed by atoms with Crippen LogP contribution in [0.1, 0.15) is 84.0 Å². The van der Waals surface area contributed by atoms with Crippen LogP contribution < -0.4 is 4.89 Å². The topological polar surface area (TPSA) is 23.1 Å². The van der Waals surface area contributed by atoms with E-state index in [1.165, 1.54) is 77.0 Å². The van der Waals surface area contributed by atoms with Crippen molar-refractivity contribution >= 4 is 8.81 Å². The predicted octanol–water partition coefficient (Wildman–Crippen LogP) is 4.64. The highest BCUT2D eigenvalue weighted by Gasteiger charge is 1.92. The molecule has 1 atom stereocenters. The summed E-state index contributed by atoms with van der Waals surface area (Å²) < 4.78 is 0. The lowest BCUT2D eigenvalue weighted by molar-refractivity contribution is -0.150. The fraction of sp³-hybridized carbons (Fsp3) is 1.00. The van der Waals surface area contributed by atoms with E-state index in [0.717, 1.165) is 6.16 Å². The highest BCUT2D eigenvalue weighted by atomic mass is 31.1. The molecule has 0 N–H and O–H groups in total. The molecule has 0 rings (SSSR count). The second-order valence-corrected chi connectivity index (χ2v) is 5.57. The Morgan fingerprint density at radius 3 is 1.38 bits per heavy atom. The largest absolute Gasteiger partial charge is 0.832 e. The molecular weight excluding hydrogens is 215 g/mol. The molecule has 1 nitrogen and oxygen atoms in total. The van der Waals surface area contributed by atoms with Crippen LogP contribution in [0.3, 0.4) is 0 Å². The van der Waals surface area contributed by atoms with Crippen molar-refractivity contribution in [1.82, 2.24) is 0 Å². The smallest absolute Gasteiger partial charge is 0.0499 e. The van der Waals surface area contributed by atoms with Gasteiger partial charge in [0.15, 0.2) is 0 Å². The van der Waals surface area contributed by atoms with Crippen LogP contribution in [0.2, 0.25) is 0 Å². The second kappa shape index (κ2) is 15.4. The quantitative estimate of drug-likeness (QED) is 0.342. The SMILES string of the molecule is CCCCCCCCCCCCCCP[O-]. The molecule has 0 saturated heterocycles. The molecule has 0 aliphatic carbocycles. The first-order valence-corrected chi connectivity index (χ1v) is 8.38. The molecule has 16 heavy (non-hydrogen) atoms. The van der Waals surface area contributed by atoms with E-state index in [2.05, 4.69) is 6.92 Å². The summed E-state index contributed by atoms with van der Waals surface area (Å²) in [6.45, 7) is 2.27. The van der Waals surface area contributed by atoms with Crippen LogP contribution >= 0.6 is 8.81 Å². The summed E-state index contributed by atoms with van der Waals surface area (Å²) in [5.74, 6) is 0. The molecule has 2 heteroatoms. The van der Waals surface area contributed by atoms with Gasteiger partial charge >= 0.3 is 0 Å². The molecule has 0 aromatic rings. The van der Waals surface area contributed by atoms with Gasteiger partial charge in [0.2, 0.25) is 0 Å². The fourth-order valence-electron chi connectivity index (χ4n) is 2.04. The van der Waals surface area contributed by atoms with E-state index in [1.807, 2.05) is 0 Å². The first kappa shape index (κ1) is 16.4. The maximum atomic E-state index is 10.2. The third-order valence-corrected chi connectivity index (χ3v) is 3.69. The highest BCUT2D eigenvalue weighted by Crippen LogP contribution is 2.12. The minimum Gasteiger partial charge on any atom is -0.832 e. The Kier molecular flexibility index (Phi) is 15.8. The molecule has 0 bridgehead atoms. The van der Waals surface area contributed by atoms with Crippen molar-refractivity contribution in [1.29, 1.82) is 0 Å². The van der Waals surface area contributed by atoms with Crippen LogP contribution in [-0.2, 0) is 0 Å². The van der Waals surface area contributed by atoms with Gasteiger partial charge in [-0.15, -0.1) is 0 Å². The van der Waals surface area contributed by atoms with Gasteiger partial charge in [0, 0.05) is 0 Å². The maximum Gasteiger partial charge on any atom is -0.0499 e. The Hall–Kier alpha value is 0.390. The predicted molar refractivity (Wildman–Crippen MR) is 74.3 cm³/mol.